The Morgan fingerprint density at radius 3 is 2.90 bits per heavy atom. The fraction of sp³-hybridized carbons (Fsp3) is 0.214. The van der Waals surface area contributed by atoms with Gasteiger partial charge in [0.25, 0.3) is 0 Å². The van der Waals surface area contributed by atoms with Crippen LogP contribution in [0.15, 0.2) is 45.9 Å². The lowest BCUT2D eigenvalue weighted by molar-refractivity contribution is -0.120. The molecule has 0 fully saturated rings. The summed E-state index contributed by atoms with van der Waals surface area (Å²) >= 11 is 0.972. The van der Waals surface area contributed by atoms with Crippen LogP contribution in [0.3, 0.4) is 0 Å². The van der Waals surface area contributed by atoms with Crippen LogP contribution in [-0.2, 0) is 11.3 Å². The number of hydrogen-bond acceptors (Lipinski definition) is 3. The van der Waals surface area contributed by atoms with E-state index in [1.165, 1.54) is 6.26 Å². The molecule has 0 aliphatic carbocycles. The van der Waals surface area contributed by atoms with Gasteiger partial charge in [-0.2, -0.15) is 0 Å². The van der Waals surface area contributed by atoms with Crippen LogP contribution in [0, 0.1) is 11.6 Å². The Morgan fingerprint density at radius 1 is 1.40 bits per heavy atom. The van der Waals surface area contributed by atoms with Gasteiger partial charge in [-0.1, -0.05) is 0 Å². The Bertz CT molecular complexity index is 587. The Kier molecular flexibility index (Phi) is 4.79. The Balaban J connectivity index is 1.92. The highest BCUT2D eigenvalue weighted by Crippen LogP contribution is 2.26. The molecule has 0 saturated carbocycles. The van der Waals surface area contributed by atoms with Crippen LogP contribution in [0.1, 0.15) is 12.7 Å². The number of hydrogen-bond donors (Lipinski definition) is 1. The van der Waals surface area contributed by atoms with Gasteiger partial charge in [-0.3, -0.25) is 4.79 Å². The first-order valence-corrected chi connectivity index (χ1v) is 6.86. The van der Waals surface area contributed by atoms with E-state index >= 15 is 0 Å². The number of halogens is 2. The van der Waals surface area contributed by atoms with Crippen molar-refractivity contribution >= 4 is 17.7 Å². The third kappa shape index (κ3) is 3.84. The summed E-state index contributed by atoms with van der Waals surface area (Å²) in [5.74, 6) is -0.707. The third-order valence-corrected chi connectivity index (χ3v) is 3.72. The van der Waals surface area contributed by atoms with E-state index in [2.05, 4.69) is 5.32 Å². The minimum atomic E-state index is -0.540. The maximum absolute atomic E-state index is 13.5. The average molecular weight is 297 g/mol. The molecular formula is C14H13F2NO2S. The molecule has 0 spiro atoms. The second kappa shape index (κ2) is 6.56. The molecule has 1 aromatic heterocycles. The second-order valence-corrected chi connectivity index (χ2v) is 5.51. The monoisotopic (exact) mass is 297 g/mol. The van der Waals surface area contributed by atoms with Crippen LogP contribution in [0.25, 0.3) is 0 Å². The lowest BCUT2D eigenvalue weighted by Gasteiger charge is -2.11. The largest absolute Gasteiger partial charge is 0.467 e. The highest BCUT2D eigenvalue weighted by molar-refractivity contribution is 8.00. The van der Waals surface area contributed by atoms with E-state index < -0.39 is 16.9 Å². The summed E-state index contributed by atoms with van der Waals surface area (Å²) in [5.41, 5.74) is 0. The zero-order valence-electron chi connectivity index (χ0n) is 10.7. The fourth-order valence-electron chi connectivity index (χ4n) is 1.54. The van der Waals surface area contributed by atoms with E-state index in [4.69, 9.17) is 4.42 Å². The Morgan fingerprint density at radius 2 is 2.20 bits per heavy atom. The van der Waals surface area contributed by atoms with Gasteiger partial charge in [0, 0.05) is 4.90 Å². The Hall–Kier alpha value is -1.82. The molecular weight excluding hydrogens is 284 g/mol. The van der Waals surface area contributed by atoms with E-state index in [0.717, 1.165) is 30.0 Å². The topological polar surface area (TPSA) is 42.2 Å². The van der Waals surface area contributed by atoms with Gasteiger partial charge < -0.3 is 9.73 Å². The molecule has 1 atom stereocenters. The van der Waals surface area contributed by atoms with Crippen LogP contribution < -0.4 is 5.32 Å². The number of furan rings is 1. The molecule has 2 rings (SSSR count). The lowest BCUT2D eigenvalue weighted by Crippen LogP contribution is -2.30. The number of nitrogens with one attached hydrogen (secondary N) is 1. The molecule has 1 N–H and O–H groups in total. The first-order chi connectivity index (χ1) is 9.56. The molecule has 1 heterocycles. The molecule has 0 aliphatic heterocycles. The van der Waals surface area contributed by atoms with Gasteiger partial charge in [0.05, 0.1) is 18.1 Å². The van der Waals surface area contributed by atoms with E-state index in [1.54, 1.807) is 19.1 Å². The van der Waals surface area contributed by atoms with Gasteiger partial charge in [0.1, 0.15) is 17.4 Å². The number of benzene rings is 1. The van der Waals surface area contributed by atoms with Gasteiger partial charge in [-0.25, -0.2) is 8.78 Å². The van der Waals surface area contributed by atoms with Crippen molar-refractivity contribution in [3.8, 4) is 0 Å². The predicted molar refractivity (Wildman–Crippen MR) is 72.2 cm³/mol. The molecule has 1 amide bonds. The summed E-state index contributed by atoms with van der Waals surface area (Å²) in [5, 5.41) is 2.13. The quantitative estimate of drug-likeness (QED) is 0.861. The van der Waals surface area contributed by atoms with Gasteiger partial charge in [-0.15, -0.1) is 11.8 Å². The van der Waals surface area contributed by atoms with Crippen molar-refractivity contribution in [2.24, 2.45) is 0 Å². The van der Waals surface area contributed by atoms with Crippen molar-refractivity contribution < 1.29 is 18.0 Å². The van der Waals surface area contributed by atoms with Crippen molar-refractivity contribution in [2.75, 3.05) is 0 Å². The van der Waals surface area contributed by atoms with Crippen molar-refractivity contribution in [1.29, 1.82) is 0 Å². The average Bonchev–Trinajstić information content (AvgIpc) is 2.93. The van der Waals surface area contributed by atoms with Gasteiger partial charge >= 0.3 is 0 Å². The fourth-order valence-corrected chi connectivity index (χ4v) is 2.48. The van der Waals surface area contributed by atoms with E-state index in [0.29, 0.717) is 5.76 Å². The molecule has 6 heteroatoms. The second-order valence-electron chi connectivity index (χ2n) is 4.13. The highest BCUT2D eigenvalue weighted by atomic mass is 32.2. The van der Waals surface area contributed by atoms with Crippen LogP contribution >= 0.6 is 11.8 Å². The smallest absolute Gasteiger partial charge is 0.233 e. The third-order valence-electron chi connectivity index (χ3n) is 2.58. The summed E-state index contributed by atoms with van der Waals surface area (Å²) in [4.78, 5) is 12.0. The highest BCUT2D eigenvalue weighted by Gasteiger charge is 2.17. The molecule has 0 saturated heterocycles. The van der Waals surface area contributed by atoms with Gasteiger partial charge in [-0.05, 0) is 37.3 Å². The molecule has 20 heavy (non-hydrogen) atoms. The summed E-state index contributed by atoms with van der Waals surface area (Å²) < 4.78 is 31.6. The number of thioether (sulfide) groups is 1. The van der Waals surface area contributed by atoms with Crippen molar-refractivity contribution in [3.05, 3.63) is 54.0 Å². The summed E-state index contributed by atoms with van der Waals surface area (Å²) in [7, 11) is 0. The minimum absolute atomic E-state index is 0.116. The molecule has 3 nitrogen and oxygen atoms in total. The molecule has 1 aromatic carbocycles. The standard InChI is InChI=1S/C14H13F2NO2S/c1-9(14(18)17-8-11-3-2-6-19-11)20-13-7-10(15)4-5-12(13)16/h2-7,9H,8H2,1H3,(H,17,18)/t9-/m1/s1. The number of rotatable bonds is 5. The molecule has 106 valence electrons. The number of amides is 1. The van der Waals surface area contributed by atoms with E-state index in [9.17, 15) is 13.6 Å². The molecule has 0 unspecified atom stereocenters. The van der Waals surface area contributed by atoms with Crippen molar-refractivity contribution in [1.82, 2.24) is 5.32 Å². The van der Waals surface area contributed by atoms with Crippen LogP contribution in [-0.4, -0.2) is 11.2 Å². The first kappa shape index (κ1) is 14.6. The van der Waals surface area contributed by atoms with Crippen molar-refractivity contribution in [3.63, 3.8) is 0 Å². The normalized spacial score (nSPS) is 12.2. The Labute approximate surface area is 119 Å². The zero-order chi connectivity index (χ0) is 14.5. The molecule has 0 aliphatic rings. The molecule has 0 radical (unpaired) electrons. The summed E-state index contributed by atoms with van der Waals surface area (Å²) in [6.07, 6.45) is 1.52. The van der Waals surface area contributed by atoms with Gasteiger partial charge in [0.2, 0.25) is 5.91 Å². The van der Waals surface area contributed by atoms with Gasteiger partial charge in [0.15, 0.2) is 0 Å². The summed E-state index contributed by atoms with van der Waals surface area (Å²) in [6, 6.07) is 6.63. The van der Waals surface area contributed by atoms with Crippen LogP contribution in [0.4, 0.5) is 8.78 Å². The maximum Gasteiger partial charge on any atom is 0.233 e. The lowest BCUT2D eigenvalue weighted by atomic mass is 10.3. The first-order valence-electron chi connectivity index (χ1n) is 5.98. The predicted octanol–water partition coefficient (Wildman–Crippen LogP) is 3.35. The summed E-state index contributed by atoms with van der Waals surface area (Å²) in [6.45, 7) is 1.90. The number of carbonyl (C=O) groups excluding carboxylic acids is 1. The van der Waals surface area contributed by atoms with Crippen molar-refractivity contribution in [2.45, 2.75) is 23.6 Å². The molecule has 2 aromatic rings. The maximum atomic E-state index is 13.5. The van der Waals surface area contributed by atoms with Crippen LogP contribution in [0.5, 0.6) is 0 Å². The van der Waals surface area contributed by atoms with Crippen LogP contribution in [0.2, 0.25) is 0 Å². The minimum Gasteiger partial charge on any atom is -0.467 e. The SMILES string of the molecule is C[C@@H](Sc1cc(F)ccc1F)C(=O)NCc1ccco1. The van der Waals surface area contributed by atoms with E-state index in [-0.39, 0.29) is 17.3 Å². The molecule has 0 bridgehead atoms. The number of carbonyl (C=O) groups is 1. The zero-order valence-corrected chi connectivity index (χ0v) is 11.5. The van der Waals surface area contributed by atoms with E-state index in [1.807, 2.05) is 0 Å².